The molecule has 1 aromatic heterocycles. The molecule has 0 amide bonds. The van der Waals surface area contributed by atoms with Crippen molar-refractivity contribution >= 4 is 5.82 Å². The van der Waals surface area contributed by atoms with E-state index in [9.17, 15) is 8.78 Å². The van der Waals surface area contributed by atoms with Crippen LogP contribution >= 0.6 is 0 Å². The molecule has 1 heterocycles. The number of phenols is 2. The molecule has 0 bridgehead atoms. The predicted octanol–water partition coefficient (Wildman–Crippen LogP) is 1.35. The molecule has 0 aliphatic heterocycles. The van der Waals surface area contributed by atoms with Gasteiger partial charge >= 0.3 is 0 Å². The van der Waals surface area contributed by atoms with Crippen molar-refractivity contribution in [2.75, 3.05) is 5.73 Å². The van der Waals surface area contributed by atoms with E-state index in [4.69, 9.17) is 15.9 Å². The van der Waals surface area contributed by atoms with Crippen LogP contribution in [0.3, 0.4) is 0 Å². The number of nitrogen functional groups attached to an aromatic ring is 1. The molecule has 0 atom stereocenters. The number of aromatic nitrogens is 2. The summed E-state index contributed by atoms with van der Waals surface area (Å²) in [5.74, 6) is -4.07. The van der Waals surface area contributed by atoms with Crippen LogP contribution in [0.1, 0.15) is 0 Å². The largest absolute Gasteiger partial charge is 0.505 e. The summed E-state index contributed by atoms with van der Waals surface area (Å²) in [6.07, 6.45) is 0. The first kappa shape index (κ1) is 10.2. The van der Waals surface area contributed by atoms with Crippen LogP contribution in [0.25, 0.3) is 11.3 Å². The first-order chi connectivity index (χ1) is 7.50. The molecule has 1 aromatic carbocycles. The molecule has 0 spiro atoms. The predicted molar refractivity (Wildman–Crippen MR) is 51.7 cm³/mol. The topological polar surface area (TPSA) is 95.2 Å². The average molecular weight is 227 g/mol. The van der Waals surface area contributed by atoms with Crippen molar-refractivity contribution < 1.29 is 19.0 Å². The lowest BCUT2D eigenvalue weighted by molar-refractivity contribution is 0.399. The van der Waals surface area contributed by atoms with Crippen LogP contribution in [-0.2, 0) is 0 Å². The Balaban J connectivity index is 2.73. The van der Waals surface area contributed by atoms with Crippen LogP contribution < -0.4 is 5.73 Å². The van der Waals surface area contributed by atoms with Gasteiger partial charge < -0.3 is 15.9 Å². The van der Waals surface area contributed by atoms with Crippen molar-refractivity contribution in [3.05, 3.63) is 23.8 Å². The Kier molecular flexibility index (Phi) is 2.15. The van der Waals surface area contributed by atoms with Gasteiger partial charge in [-0.25, -0.2) is 8.78 Å². The molecule has 0 saturated heterocycles. The zero-order chi connectivity index (χ0) is 11.9. The lowest BCUT2D eigenvalue weighted by atomic mass is 10.1. The third-order valence-electron chi connectivity index (χ3n) is 2.03. The smallest absolute Gasteiger partial charge is 0.177 e. The van der Waals surface area contributed by atoms with E-state index < -0.39 is 28.7 Å². The monoisotopic (exact) mass is 227 g/mol. The van der Waals surface area contributed by atoms with Crippen molar-refractivity contribution in [3.8, 4) is 22.8 Å². The van der Waals surface area contributed by atoms with E-state index >= 15 is 0 Å². The summed E-state index contributed by atoms with van der Waals surface area (Å²) in [6, 6.07) is 1.76. The van der Waals surface area contributed by atoms with E-state index in [-0.39, 0.29) is 11.5 Å². The number of halogens is 2. The third kappa shape index (κ3) is 1.42. The van der Waals surface area contributed by atoms with E-state index in [1.165, 1.54) is 6.07 Å². The van der Waals surface area contributed by atoms with Crippen molar-refractivity contribution in [1.82, 2.24) is 10.2 Å². The van der Waals surface area contributed by atoms with Crippen molar-refractivity contribution in [3.63, 3.8) is 0 Å². The van der Waals surface area contributed by atoms with Crippen molar-refractivity contribution in [2.45, 2.75) is 0 Å². The average Bonchev–Trinajstić information content (AvgIpc) is 2.62. The molecule has 0 aliphatic rings. The number of benzene rings is 1. The van der Waals surface area contributed by atoms with Gasteiger partial charge in [0.2, 0.25) is 0 Å². The highest BCUT2D eigenvalue weighted by Crippen LogP contribution is 2.35. The Morgan fingerprint density at radius 3 is 2.12 bits per heavy atom. The fourth-order valence-electron chi connectivity index (χ4n) is 1.31. The summed E-state index contributed by atoms with van der Waals surface area (Å²) in [4.78, 5) is 0. The van der Waals surface area contributed by atoms with E-state index in [1.807, 2.05) is 0 Å². The highest BCUT2D eigenvalue weighted by atomic mass is 19.1. The van der Waals surface area contributed by atoms with Gasteiger partial charge in [0.15, 0.2) is 23.1 Å². The molecule has 0 saturated carbocycles. The van der Waals surface area contributed by atoms with Gasteiger partial charge in [0.25, 0.3) is 0 Å². The molecule has 0 aliphatic carbocycles. The second-order valence-corrected chi connectivity index (χ2v) is 3.12. The molecule has 7 heteroatoms. The van der Waals surface area contributed by atoms with E-state index in [0.29, 0.717) is 6.07 Å². The number of hydrogen-bond acceptors (Lipinski definition) is 4. The SMILES string of the molecule is Nc1cc(-c2c(F)c(O)cc(O)c2F)[nH]n1. The number of phenolic OH excluding ortho intramolecular Hbond substituents is 2. The molecule has 5 nitrogen and oxygen atoms in total. The number of hydrogen-bond donors (Lipinski definition) is 4. The van der Waals surface area contributed by atoms with Crippen molar-refractivity contribution in [1.29, 1.82) is 0 Å². The van der Waals surface area contributed by atoms with Crippen LogP contribution in [0.4, 0.5) is 14.6 Å². The highest BCUT2D eigenvalue weighted by molar-refractivity contribution is 5.67. The Morgan fingerprint density at radius 2 is 1.69 bits per heavy atom. The Bertz CT molecular complexity index is 528. The summed E-state index contributed by atoms with van der Waals surface area (Å²) in [5, 5.41) is 24.0. The summed E-state index contributed by atoms with van der Waals surface area (Å²) >= 11 is 0. The third-order valence-corrected chi connectivity index (χ3v) is 2.03. The van der Waals surface area contributed by atoms with Crippen LogP contribution in [0.2, 0.25) is 0 Å². The molecular weight excluding hydrogens is 220 g/mol. The minimum absolute atomic E-state index is 0.0385. The molecule has 0 fully saturated rings. The van der Waals surface area contributed by atoms with Gasteiger partial charge in [0.05, 0.1) is 11.3 Å². The lowest BCUT2D eigenvalue weighted by Gasteiger charge is -2.05. The Labute approximate surface area is 88.1 Å². The molecule has 84 valence electrons. The molecule has 16 heavy (non-hydrogen) atoms. The first-order valence-electron chi connectivity index (χ1n) is 4.22. The van der Waals surface area contributed by atoms with Crippen molar-refractivity contribution in [2.24, 2.45) is 0 Å². The number of nitrogens with one attached hydrogen (secondary N) is 1. The van der Waals surface area contributed by atoms with Crippen LogP contribution in [-0.4, -0.2) is 20.4 Å². The van der Waals surface area contributed by atoms with Gasteiger partial charge in [-0.3, -0.25) is 5.10 Å². The van der Waals surface area contributed by atoms with E-state index in [0.717, 1.165) is 0 Å². The number of aromatic amines is 1. The Hall–Kier alpha value is -2.31. The zero-order valence-electron chi connectivity index (χ0n) is 7.83. The standard InChI is InChI=1S/C9H7F2N3O2/c10-8-4(15)2-5(16)9(11)7(8)3-1-6(12)14-13-3/h1-2,15-16H,(H3,12,13,14). The van der Waals surface area contributed by atoms with Gasteiger partial charge in [-0.1, -0.05) is 0 Å². The summed E-state index contributed by atoms with van der Waals surface area (Å²) in [5.41, 5.74) is 4.60. The van der Waals surface area contributed by atoms with Gasteiger partial charge in [-0.2, -0.15) is 5.10 Å². The number of H-pyrrole nitrogens is 1. The number of rotatable bonds is 1. The van der Waals surface area contributed by atoms with Gasteiger partial charge in [0, 0.05) is 12.1 Å². The number of nitrogens with zero attached hydrogens (tertiary/aromatic N) is 1. The minimum Gasteiger partial charge on any atom is -0.505 e. The number of nitrogens with two attached hydrogens (primary N) is 1. The molecule has 2 aromatic rings. The van der Waals surface area contributed by atoms with Gasteiger partial charge in [-0.15, -0.1) is 0 Å². The second kappa shape index (κ2) is 3.37. The summed E-state index contributed by atoms with van der Waals surface area (Å²) < 4.78 is 26.9. The number of anilines is 1. The number of aromatic hydroxyl groups is 2. The maximum absolute atomic E-state index is 13.4. The van der Waals surface area contributed by atoms with Gasteiger partial charge in [0.1, 0.15) is 5.82 Å². The molecule has 2 rings (SSSR count). The summed E-state index contributed by atoms with van der Waals surface area (Å²) in [6.45, 7) is 0. The fraction of sp³-hybridized carbons (Fsp3) is 0. The van der Waals surface area contributed by atoms with E-state index in [1.54, 1.807) is 0 Å². The maximum atomic E-state index is 13.4. The first-order valence-corrected chi connectivity index (χ1v) is 4.22. The zero-order valence-corrected chi connectivity index (χ0v) is 7.83. The minimum atomic E-state index is -1.20. The van der Waals surface area contributed by atoms with Crippen LogP contribution in [0.15, 0.2) is 12.1 Å². The Morgan fingerprint density at radius 1 is 1.12 bits per heavy atom. The van der Waals surface area contributed by atoms with E-state index in [2.05, 4.69) is 10.2 Å². The van der Waals surface area contributed by atoms with Gasteiger partial charge in [-0.05, 0) is 0 Å². The maximum Gasteiger partial charge on any atom is 0.177 e. The summed E-state index contributed by atoms with van der Waals surface area (Å²) in [7, 11) is 0. The van der Waals surface area contributed by atoms with Crippen LogP contribution in [0.5, 0.6) is 11.5 Å². The molecular formula is C9H7F2N3O2. The highest BCUT2D eigenvalue weighted by Gasteiger charge is 2.20. The molecule has 0 radical (unpaired) electrons. The molecule has 5 N–H and O–H groups in total. The lowest BCUT2D eigenvalue weighted by Crippen LogP contribution is -1.92. The normalized spacial score (nSPS) is 10.6. The van der Waals surface area contributed by atoms with Crippen LogP contribution in [0, 0.1) is 11.6 Å². The second-order valence-electron chi connectivity index (χ2n) is 3.12. The molecule has 0 unspecified atom stereocenters. The fourth-order valence-corrected chi connectivity index (χ4v) is 1.31. The quantitative estimate of drug-likeness (QED) is 0.591.